The smallest absolute Gasteiger partial charge is 0.323 e. The number of hydrogen-bond donors (Lipinski definition) is 2. The summed E-state index contributed by atoms with van der Waals surface area (Å²) in [5.41, 5.74) is 3.04. The van der Waals surface area contributed by atoms with Gasteiger partial charge in [0.25, 0.3) is 0 Å². The summed E-state index contributed by atoms with van der Waals surface area (Å²) >= 11 is 0. The van der Waals surface area contributed by atoms with Gasteiger partial charge in [-0.3, -0.25) is 9.59 Å². The molecule has 0 unspecified atom stereocenters. The first-order chi connectivity index (χ1) is 9.90. The van der Waals surface area contributed by atoms with Crippen molar-refractivity contribution in [1.82, 2.24) is 9.88 Å². The lowest BCUT2D eigenvalue weighted by Gasteiger charge is -2.24. The zero-order chi connectivity index (χ0) is 15.6. The van der Waals surface area contributed by atoms with Crippen LogP contribution in [0.2, 0.25) is 0 Å². The molecule has 1 aromatic carbocycles. The fourth-order valence-electron chi connectivity index (χ4n) is 2.48. The van der Waals surface area contributed by atoms with Gasteiger partial charge in [0.15, 0.2) is 0 Å². The van der Waals surface area contributed by atoms with Crippen molar-refractivity contribution in [3.63, 3.8) is 0 Å². The number of hydrogen-bond acceptors (Lipinski definition) is 2. The molecule has 0 radical (unpaired) electrons. The van der Waals surface area contributed by atoms with Crippen molar-refractivity contribution in [1.29, 1.82) is 0 Å². The normalized spacial score (nSPS) is 11.0. The Kier molecular flexibility index (Phi) is 4.31. The lowest BCUT2D eigenvalue weighted by atomic mass is 10.1. The van der Waals surface area contributed by atoms with Gasteiger partial charge in [0.1, 0.15) is 6.54 Å². The molecule has 0 saturated carbocycles. The van der Waals surface area contributed by atoms with Crippen LogP contribution in [-0.2, 0) is 16.0 Å². The van der Waals surface area contributed by atoms with E-state index in [-0.39, 0.29) is 24.9 Å². The molecule has 2 aromatic rings. The van der Waals surface area contributed by atoms with Crippen LogP contribution >= 0.6 is 0 Å². The highest BCUT2D eigenvalue weighted by Gasteiger charge is 2.21. The van der Waals surface area contributed by atoms with Crippen molar-refractivity contribution in [2.24, 2.45) is 0 Å². The van der Waals surface area contributed by atoms with Crippen molar-refractivity contribution < 1.29 is 14.7 Å². The molecule has 0 aliphatic carbocycles. The Morgan fingerprint density at radius 3 is 2.67 bits per heavy atom. The Bertz CT molecular complexity index is 673. The number of carboxylic acid groups (broad SMARTS) is 1. The highest BCUT2D eigenvalue weighted by molar-refractivity contribution is 5.91. The Labute approximate surface area is 123 Å². The standard InChI is InChI=1S/C16H20N2O3/c1-10(2)18(9-15(20)21)14(19)7-12-8-17-16-11(3)5-4-6-13(12)16/h4-6,8,10,17H,7,9H2,1-3H3,(H,20,21). The maximum atomic E-state index is 12.4. The van der Waals surface area contributed by atoms with Gasteiger partial charge in [-0.15, -0.1) is 0 Å². The van der Waals surface area contributed by atoms with E-state index in [2.05, 4.69) is 4.98 Å². The van der Waals surface area contributed by atoms with E-state index in [1.54, 1.807) is 0 Å². The van der Waals surface area contributed by atoms with Crippen LogP contribution in [0.1, 0.15) is 25.0 Å². The molecule has 0 aliphatic heterocycles. The first kappa shape index (κ1) is 15.1. The van der Waals surface area contributed by atoms with Crippen LogP contribution in [0.3, 0.4) is 0 Å². The molecule has 0 bridgehead atoms. The van der Waals surface area contributed by atoms with Crippen molar-refractivity contribution in [3.8, 4) is 0 Å². The molecule has 0 fully saturated rings. The molecule has 5 nitrogen and oxygen atoms in total. The third-order valence-corrected chi connectivity index (χ3v) is 3.60. The molecular weight excluding hydrogens is 268 g/mol. The predicted octanol–water partition coefficient (Wildman–Crippen LogP) is 2.34. The van der Waals surface area contributed by atoms with Gasteiger partial charge in [0.05, 0.1) is 6.42 Å². The molecule has 0 aliphatic rings. The number of H-pyrrole nitrogens is 1. The minimum Gasteiger partial charge on any atom is -0.480 e. The second-order valence-corrected chi connectivity index (χ2v) is 5.50. The number of carbonyl (C=O) groups excluding carboxylic acids is 1. The maximum absolute atomic E-state index is 12.4. The summed E-state index contributed by atoms with van der Waals surface area (Å²) in [5.74, 6) is -1.17. The minimum atomic E-state index is -0.994. The Balaban J connectivity index is 2.24. The fourth-order valence-corrected chi connectivity index (χ4v) is 2.48. The summed E-state index contributed by atoms with van der Waals surface area (Å²) < 4.78 is 0. The average Bonchev–Trinajstić information content (AvgIpc) is 2.80. The van der Waals surface area contributed by atoms with E-state index in [1.807, 2.05) is 45.2 Å². The lowest BCUT2D eigenvalue weighted by Crippen LogP contribution is -2.41. The Morgan fingerprint density at radius 1 is 1.33 bits per heavy atom. The number of nitrogens with zero attached hydrogens (tertiary/aromatic N) is 1. The number of aromatic amines is 1. The van der Waals surface area contributed by atoms with Crippen LogP contribution in [0.4, 0.5) is 0 Å². The van der Waals surface area contributed by atoms with E-state index in [4.69, 9.17) is 5.11 Å². The van der Waals surface area contributed by atoms with Crippen LogP contribution in [-0.4, -0.2) is 39.5 Å². The number of aryl methyl sites for hydroxylation is 1. The van der Waals surface area contributed by atoms with Crippen molar-refractivity contribution in [2.75, 3.05) is 6.54 Å². The number of nitrogens with one attached hydrogen (secondary N) is 1. The Morgan fingerprint density at radius 2 is 2.05 bits per heavy atom. The van der Waals surface area contributed by atoms with Crippen molar-refractivity contribution >= 4 is 22.8 Å². The zero-order valence-corrected chi connectivity index (χ0v) is 12.5. The summed E-state index contributed by atoms with van der Waals surface area (Å²) in [6, 6.07) is 5.80. The second-order valence-electron chi connectivity index (χ2n) is 5.50. The first-order valence-corrected chi connectivity index (χ1v) is 6.97. The van der Waals surface area contributed by atoms with Crippen molar-refractivity contribution in [2.45, 2.75) is 33.2 Å². The lowest BCUT2D eigenvalue weighted by molar-refractivity contribution is -0.145. The summed E-state index contributed by atoms with van der Waals surface area (Å²) in [6.07, 6.45) is 2.03. The molecular formula is C16H20N2O3. The highest BCUT2D eigenvalue weighted by Crippen LogP contribution is 2.22. The topological polar surface area (TPSA) is 73.4 Å². The van der Waals surface area contributed by atoms with Gasteiger partial charge in [0.2, 0.25) is 5.91 Å². The molecule has 112 valence electrons. The van der Waals surface area contributed by atoms with Gasteiger partial charge < -0.3 is 15.0 Å². The molecule has 0 atom stereocenters. The minimum absolute atomic E-state index is 0.138. The van der Waals surface area contributed by atoms with E-state index in [0.717, 1.165) is 22.0 Å². The number of benzene rings is 1. The van der Waals surface area contributed by atoms with E-state index in [0.29, 0.717) is 0 Å². The Hall–Kier alpha value is -2.30. The van der Waals surface area contributed by atoms with Gasteiger partial charge in [-0.05, 0) is 31.9 Å². The summed E-state index contributed by atoms with van der Waals surface area (Å²) in [5, 5.41) is 9.93. The van der Waals surface area contributed by atoms with Crippen molar-refractivity contribution in [3.05, 3.63) is 35.5 Å². The third-order valence-electron chi connectivity index (χ3n) is 3.60. The first-order valence-electron chi connectivity index (χ1n) is 6.97. The largest absolute Gasteiger partial charge is 0.480 e. The average molecular weight is 288 g/mol. The number of aromatic nitrogens is 1. The van der Waals surface area contributed by atoms with Crippen LogP contribution < -0.4 is 0 Å². The molecule has 1 aromatic heterocycles. The van der Waals surface area contributed by atoms with E-state index in [1.165, 1.54) is 4.90 Å². The number of amides is 1. The predicted molar refractivity (Wildman–Crippen MR) is 81.2 cm³/mol. The zero-order valence-electron chi connectivity index (χ0n) is 12.5. The molecule has 0 spiro atoms. The van der Waals surface area contributed by atoms with E-state index >= 15 is 0 Å². The molecule has 21 heavy (non-hydrogen) atoms. The SMILES string of the molecule is Cc1cccc2c(CC(=O)N(CC(=O)O)C(C)C)c[nH]c12. The number of para-hydroxylation sites is 1. The van der Waals surface area contributed by atoms with Crippen LogP contribution in [0, 0.1) is 6.92 Å². The molecule has 1 amide bonds. The molecule has 2 N–H and O–H groups in total. The molecule has 0 saturated heterocycles. The van der Waals surface area contributed by atoms with Gasteiger partial charge in [0, 0.05) is 23.1 Å². The third kappa shape index (κ3) is 3.24. The van der Waals surface area contributed by atoms with E-state index in [9.17, 15) is 9.59 Å². The fraction of sp³-hybridized carbons (Fsp3) is 0.375. The summed E-state index contributed by atoms with van der Waals surface area (Å²) in [6.45, 7) is 5.38. The van der Waals surface area contributed by atoms with Gasteiger partial charge in [-0.1, -0.05) is 18.2 Å². The second kappa shape index (κ2) is 5.99. The number of aliphatic carboxylic acids is 1. The molecule has 1 heterocycles. The summed E-state index contributed by atoms with van der Waals surface area (Å²) in [7, 11) is 0. The van der Waals surface area contributed by atoms with Gasteiger partial charge in [-0.25, -0.2) is 0 Å². The number of carbonyl (C=O) groups is 2. The molecule has 2 rings (SSSR count). The molecule has 5 heteroatoms. The number of fused-ring (bicyclic) bond motifs is 1. The maximum Gasteiger partial charge on any atom is 0.323 e. The quantitative estimate of drug-likeness (QED) is 0.887. The van der Waals surface area contributed by atoms with Gasteiger partial charge in [-0.2, -0.15) is 0 Å². The van der Waals surface area contributed by atoms with Crippen LogP contribution in [0.15, 0.2) is 24.4 Å². The number of carboxylic acids is 1. The van der Waals surface area contributed by atoms with Crippen LogP contribution in [0.25, 0.3) is 10.9 Å². The van der Waals surface area contributed by atoms with E-state index < -0.39 is 5.97 Å². The number of rotatable bonds is 5. The monoisotopic (exact) mass is 288 g/mol. The van der Waals surface area contributed by atoms with Crippen LogP contribution in [0.5, 0.6) is 0 Å². The highest BCUT2D eigenvalue weighted by atomic mass is 16.4. The van der Waals surface area contributed by atoms with Gasteiger partial charge >= 0.3 is 5.97 Å². The summed E-state index contributed by atoms with van der Waals surface area (Å²) in [4.78, 5) is 27.8.